The summed E-state index contributed by atoms with van der Waals surface area (Å²) in [6, 6.07) is 8.49. The summed E-state index contributed by atoms with van der Waals surface area (Å²) < 4.78 is 0. The van der Waals surface area contributed by atoms with E-state index in [2.05, 4.69) is 10.6 Å². The molecule has 33 heavy (non-hydrogen) atoms. The van der Waals surface area contributed by atoms with Gasteiger partial charge in [0, 0.05) is 12.5 Å². The second-order valence-electron chi connectivity index (χ2n) is 11.0. The molecule has 0 spiro atoms. The highest BCUT2D eigenvalue weighted by atomic mass is 16.3. The molecule has 186 valence electrons. The Bertz CT molecular complexity index is 810. The molecule has 0 saturated carbocycles. The molecular formula is C27H45N3O3. The molecule has 3 N–H and O–H groups in total. The number of nitrogens with zero attached hydrogens (tertiary/aromatic N) is 1. The highest BCUT2D eigenvalue weighted by molar-refractivity contribution is 5.91. The van der Waals surface area contributed by atoms with Crippen LogP contribution in [-0.2, 0) is 15.0 Å². The molecule has 0 aliphatic heterocycles. The van der Waals surface area contributed by atoms with E-state index in [9.17, 15) is 14.7 Å². The lowest BCUT2D eigenvalue weighted by Crippen LogP contribution is -2.61. The molecule has 2 unspecified atom stereocenters. The Morgan fingerprint density at radius 1 is 1.06 bits per heavy atom. The molecule has 6 heteroatoms. The number of benzene rings is 1. The molecule has 1 aromatic rings. The smallest absolute Gasteiger partial charge is 0.245 e. The Balaban J connectivity index is 3.25. The molecule has 1 rings (SSSR count). The van der Waals surface area contributed by atoms with Gasteiger partial charge in [-0.25, -0.2) is 0 Å². The van der Waals surface area contributed by atoms with Gasteiger partial charge in [0.05, 0.1) is 18.7 Å². The third kappa shape index (κ3) is 7.41. The first-order valence-corrected chi connectivity index (χ1v) is 11.8. The van der Waals surface area contributed by atoms with E-state index in [1.807, 2.05) is 91.8 Å². The zero-order valence-electron chi connectivity index (χ0n) is 22.2. The van der Waals surface area contributed by atoms with Crippen molar-refractivity contribution in [3.05, 3.63) is 47.5 Å². The summed E-state index contributed by atoms with van der Waals surface area (Å²) in [6.07, 6.45) is 1.93. The molecule has 0 aromatic heterocycles. The van der Waals surface area contributed by atoms with Gasteiger partial charge in [0.2, 0.25) is 11.8 Å². The first-order valence-electron chi connectivity index (χ1n) is 11.8. The van der Waals surface area contributed by atoms with Crippen LogP contribution < -0.4 is 10.6 Å². The van der Waals surface area contributed by atoms with Crippen LogP contribution in [0, 0.1) is 11.3 Å². The Morgan fingerprint density at radius 3 is 2.03 bits per heavy atom. The van der Waals surface area contributed by atoms with E-state index in [1.165, 1.54) is 0 Å². The van der Waals surface area contributed by atoms with Crippen LogP contribution in [-0.4, -0.2) is 60.6 Å². The van der Waals surface area contributed by atoms with Gasteiger partial charge in [-0.3, -0.25) is 9.59 Å². The van der Waals surface area contributed by atoms with Crippen LogP contribution in [0.3, 0.4) is 0 Å². The summed E-state index contributed by atoms with van der Waals surface area (Å²) in [5.41, 5.74) is 0.871. The summed E-state index contributed by atoms with van der Waals surface area (Å²) in [7, 11) is 3.54. The van der Waals surface area contributed by atoms with Crippen molar-refractivity contribution in [3.63, 3.8) is 0 Å². The predicted octanol–water partition coefficient (Wildman–Crippen LogP) is 3.50. The highest BCUT2D eigenvalue weighted by Gasteiger charge is 2.41. The normalized spacial score (nSPS) is 15.7. The number of carbonyl (C=O) groups excluding carboxylic acids is 2. The van der Waals surface area contributed by atoms with E-state index in [0.29, 0.717) is 0 Å². The standard InChI is InChI=1S/C27H45N3O3/c1-18(2)21(16-19(3)17-31)30(10)25(33)23(26(4,5)6)29-24(32)22(28-9)27(7,8)20-14-12-11-13-15-20/h11-16,18,21-23,28,31H,17H2,1-10H3,(H,29,32)/b19-16+/t21?,22?,23-/m1/s1. The minimum absolute atomic E-state index is 0.0525. The fourth-order valence-electron chi connectivity index (χ4n) is 4.17. The largest absolute Gasteiger partial charge is 0.392 e. The van der Waals surface area contributed by atoms with E-state index in [1.54, 1.807) is 19.0 Å². The maximum Gasteiger partial charge on any atom is 0.245 e. The van der Waals surface area contributed by atoms with Gasteiger partial charge >= 0.3 is 0 Å². The number of nitrogens with one attached hydrogen (secondary N) is 2. The Hall–Kier alpha value is -2.18. The second-order valence-corrected chi connectivity index (χ2v) is 11.0. The van der Waals surface area contributed by atoms with Crippen molar-refractivity contribution in [1.29, 1.82) is 0 Å². The van der Waals surface area contributed by atoms with Gasteiger partial charge in [-0.15, -0.1) is 0 Å². The van der Waals surface area contributed by atoms with Gasteiger partial charge in [0.15, 0.2) is 0 Å². The summed E-state index contributed by atoms with van der Waals surface area (Å²) in [4.78, 5) is 28.9. The molecule has 1 aromatic carbocycles. The lowest BCUT2D eigenvalue weighted by molar-refractivity contribution is -0.140. The van der Waals surface area contributed by atoms with Crippen molar-refractivity contribution in [2.45, 2.75) is 78.9 Å². The van der Waals surface area contributed by atoms with Crippen molar-refractivity contribution in [2.75, 3.05) is 20.7 Å². The molecule has 3 atom stereocenters. The van der Waals surface area contributed by atoms with Crippen molar-refractivity contribution >= 4 is 11.8 Å². The molecule has 0 aliphatic rings. The van der Waals surface area contributed by atoms with E-state index in [0.717, 1.165) is 11.1 Å². The first-order chi connectivity index (χ1) is 15.2. The van der Waals surface area contributed by atoms with E-state index in [-0.39, 0.29) is 30.4 Å². The molecule has 0 heterocycles. The minimum Gasteiger partial charge on any atom is -0.392 e. The fourth-order valence-corrected chi connectivity index (χ4v) is 4.17. The van der Waals surface area contributed by atoms with E-state index < -0.39 is 22.9 Å². The van der Waals surface area contributed by atoms with Gasteiger partial charge in [-0.2, -0.15) is 0 Å². The Labute approximate surface area is 200 Å². The fraction of sp³-hybridized carbons (Fsp3) is 0.630. The molecule has 6 nitrogen and oxygen atoms in total. The molecule has 0 aliphatic carbocycles. The second kappa shape index (κ2) is 11.8. The summed E-state index contributed by atoms with van der Waals surface area (Å²) in [6.45, 7) is 15.8. The number of hydrogen-bond acceptors (Lipinski definition) is 4. The quantitative estimate of drug-likeness (QED) is 0.468. The van der Waals surface area contributed by atoms with Gasteiger partial charge in [-0.1, -0.05) is 90.4 Å². The van der Waals surface area contributed by atoms with Gasteiger partial charge in [-0.05, 0) is 30.9 Å². The van der Waals surface area contributed by atoms with Crippen LogP contribution in [0.1, 0.15) is 61.0 Å². The third-order valence-electron chi connectivity index (χ3n) is 6.37. The zero-order valence-corrected chi connectivity index (χ0v) is 22.2. The zero-order chi connectivity index (χ0) is 25.6. The number of aliphatic hydroxyl groups is 1. The molecule has 0 bridgehead atoms. The first kappa shape index (κ1) is 28.9. The van der Waals surface area contributed by atoms with Gasteiger partial charge < -0.3 is 20.6 Å². The Kier molecular flexibility index (Phi) is 10.3. The lowest BCUT2D eigenvalue weighted by atomic mass is 9.76. The Morgan fingerprint density at radius 2 is 1.61 bits per heavy atom. The van der Waals surface area contributed by atoms with Gasteiger partial charge in [0.25, 0.3) is 0 Å². The average molecular weight is 460 g/mol. The number of aliphatic hydroxyl groups excluding tert-OH is 1. The number of hydrogen-bond donors (Lipinski definition) is 3. The van der Waals surface area contributed by atoms with Gasteiger partial charge in [0.1, 0.15) is 6.04 Å². The number of carbonyl (C=O) groups is 2. The molecule has 2 amide bonds. The average Bonchev–Trinajstić information content (AvgIpc) is 2.74. The van der Waals surface area contributed by atoms with E-state index >= 15 is 0 Å². The topological polar surface area (TPSA) is 81.7 Å². The van der Waals surface area contributed by atoms with Crippen molar-refractivity contribution in [3.8, 4) is 0 Å². The van der Waals surface area contributed by atoms with Crippen LogP contribution in [0.4, 0.5) is 0 Å². The van der Waals surface area contributed by atoms with Crippen LogP contribution in [0.15, 0.2) is 42.0 Å². The van der Waals surface area contributed by atoms with Crippen LogP contribution in [0.25, 0.3) is 0 Å². The number of likely N-dealkylation sites (N-methyl/N-ethyl adjacent to an activating group) is 2. The van der Waals surface area contributed by atoms with Crippen LogP contribution >= 0.6 is 0 Å². The predicted molar refractivity (Wildman–Crippen MR) is 136 cm³/mol. The molecule has 0 radical (unpaired) electrons. The SMILES string of the molecule is CNC(C(=O)N[C@H](C(=O)N(C)C(/C=C(\C)CO)C(C)C)C(C)(C)C)C(C)(C)c1ccccc1. The maximum atomic E-state index is 13.7. The maximum absolute atomic E-state index is 13.7. The highest BCUT2D eigenvalue weighted by Crippen LogP contribution is 2.29. The van der Waals surface area contributed by atoms with Crippen molar-refractivity contribution in [2.24, 2.45) is 11.3 Å². The number of amides is 2. The summed E-state index contributed by atoms with van der Waals surface area (Å²) in [5, 5.41) is 15.7. The number of rotatable bonds is 10. The summed E-state index contributed by atoms with van der Waals surface area (Å²) in [5.74, 6) is -0.209. The van der Waals surface area contributed by atoms with Crippen LogP contribution in [0.2, 0.25) is 0 Å². The van der Waals surface area contributed by atoms with Crippen molar-refractivity contribution < 1.29 is 14.7 Å². The van der Waals surface area contributed by atoms with Crippen LogP contribution in [0.5, 0.6) is 0 Å². The summed E-state index contributed by atoms with van der Waals surface area (Å²) >= 11 is 0. The van der Waals surface area contributed by atoms with E-state index in [4.69, 9.17) is 0 Å². The molecule has 0 fully saturated rings. The van der Waals surface area contributed by atoms with Crippen molar-refractivity contribution in [1.82, 2.24) is 15.5 Å². The lowest BCUT2D eigenvalue weighted by Gasteiger charge is -2.40. The minimum atomic E-state index is -0.707. The third-order valence-corrected chi connectivity index (χ3v) is 6.37. The molecule has 0 saturated heterocycles. The molecular weight excluding hydrogens is 414 g/mol. The monoisotopic (exact) mass is 459 g/mol.